The lowest BCUT2D eigenvalue weighted by atomic mass is 9.99. The quantitative estimate of drug-likeness (QED) is 0.376. The molecule has 4 N–H and O–H groups in total. The molecule has 6 rings (SSSR count). The van der Waals surface area contributed by atoms with Gasteiger partial charge in [-0.3, -0.25) is 9.59 Å². The summed E-state index contributed by atoms with van der Waals surface area (Å²) < 4.78 is 0. The van der Waals surface area contributed by atoms with Gasteiger partial charge in [-0.1, -0.05) is 12.1 Å². The van der Waals surface area contributed by atoms with Crippen LogP contribution >= 0.6 is 0 Å². The number of hydrogen-bond acceptors (Lipinski definition) is 8. The summed E-state index contributed by atoms with van der Waals surface area (Å²) in [5.74, 6) is 0.918. The largest absolute Gasteiger partial charge is 0.369 e. The van der Waals surface area contributed by atoms with E-state index < -0.39 is 5.91 Å². The van der Waals surface area contributed by atoms with Gasteiger partial charge in [0.1, 0.15) is 5.82 Å². The maximum atomic E-state index is 13.0. The molecule has 2 saturated heterocycles. The predicted octanol–water partition coefficient (Wildman–Crippen LogP) is 3.74. The summed E-state index contributed by atoms with van der Waals surface area (Å²) in [5, 5.41) is 6.48. The van der Waals surface area contributed by atoms with E-state index in [1.54, 1.807) is 6.20 Å². The highest BCUT2D eigenvalue weighted by atomic mass is 16.2. The van der Waals surface area contributed by atoms with Crippen molar-refractivity contribution in [3.05, 3.63) is 71.5 Å². The maximum Gasteiger partial charge on any atom is 0.271 e. The van der Waals surface area contributed by atoms with Crippen LogP contribution in [-0.2, 0) is 0 Å². The molecule has 1 aromatic heterocycles. The molecule has 10 heteroatoms. The number of piperidine rings is 1. The standard InChI is InChI=1S/C32H40N8O2/c1-21-3-10-26(36-32(42)24-8-6-23(7-9-24)22-4-5-22)20-40(21)28-19-34-29(30(33)41)31(37-28)35-25-11-13-27(14-12-25)39-17-15-38(2)16-18-39/h6-9,11-14,19,21-22,26H,3-5,10,15-18,20H2,1-2H3,(H2,33,41)(H,35,37)(H,36,42)/t21-,26+/m0/s1. The number of piperazine rings is 1. The molecule has 2 amide bonds. The van der Waals surface area contributed by atoms with Crippen molar-refractivity contribution in [3.8, 4) is 0 Å². The smallest absolute Gasteiger partial charge is 0.271 e. The zero-order valence-corrected chi connectivity index (χ0v) is 24.4. The average Bonchev–Trinajstić information content (AvgIpc) is 3.85. The Morgan fingerprint density at radius 3 is 2.31 bits per heavy atom. The number of hydrogen-bond donors (Lipinski definition) is 3. The Bertz CT molecular complexity index is 1420. The Hall–Kier alpha value is -4.18. The lowest BCUT2D eigenvalue weighted by Gasteiger charge is -2.39. The Morgan fingerprint density at radius 2 is 1.64 bits per heavy atom. The second-order valence-electron chi connectivity index (χ2n) is 11.9. The van der Waals surface area contributed by atoms with E-state index in [4.69, 9.17) is 10.7 Å². The van der Waals surface area contributed by atoms with E-state index in [0.29, 0.717) is 29.7 Å². The van der Waals surface area contributed by atoms with Gasteiger partial charge in [0, 0.05) is 61.7 Å². The first kappa shape index (κ1) is 28.0. The molecule has 0 radical (unpaired) electrons. The molecule has 3 aromatic rings. The number of nitrogens with two attached hydrogens (primary N) is 1. The van der Waals surface area contributed by atoms with Crippen LogP contribution in [0.1, 0.15) is 64.9 Å². The first-order valence-corrected chi connectivity index (χ1v) is 15.0. The Morgan fingerprint density at radius 1 is 0.929 bits per heavy atom. The summed E-state index contributed by atoms with van der Waals surface area (Å²) in [5.41, 5.74) is 9.71. The molecule has 2 aromatic carbocycles. The molecule has 3 heterocycles. The predicted molar refractivity (Wildman–Crippen MR) is 166 cm³/mol. The lowest BCUT2D eigenvalue weighted by molar-refractivity contribution is 0.0930. The number of anilines is 4. The van der Waals surface area contributed by atoms with Gasteiger partial charge in [0.05, 0.1) is 6.20 Å². The minimum atomic E-state index is -0.643. The highest BCUT2D eigenvalue weighted by Gasteiger charge is 2.29. The van der Waals surface area contributed by atoms with Crippen LogP contribution in [0.4, 0.5) is 23.0 Å². The third-order valence-corrected chi connectivity index (χ3v) is 8.72. The van der Waals surface area contributed by atoms with E-state index >= 15 is 0 Å². The van der Waals surface area contributed by atoms with E-state index in [1.165, 1.54) is 18.4 Å². The molecule has 2 aliphatic heterocycles. The van der Waals surface area contributed by atoms with Gasteiger partial charge >= 0.3 is 0 Å². The van der Waals surface area contributed by atoms with Gasteiger partial charge in [0.2, 0.25) is 0 Å². The minimum absolute atomic E-state index is 0.0343. The summed E-state index contributed by atoms with van der Waals surface area (Å²) in [6.45, 7) is 6.80. The molecule has 220 valence electrons. The van der Waals surface area contributed by atoms with Gasteiger partial charge < -0.3 is 31.1 Å². The molecule has 1 saturated carbocycles. The zero-order chi connectivity index (χ0) is 29.2. The Balaban J connectivity index is 1.15. The van der Waals surface area contributed by atoms with E-state index in [9.17, 15) is 9.59 Å². The minimum Gasteiger partial charge on any atom is -0.369 e. The van der Waals surface area contributed by atoms with Gasteiger partial charge in [-0.15, -0.1) is 0 Å². The van der Waals surface area contributed by atoms with Crippen molar-refractivity contribution in [2.75, 3.05) is 54.9 Å². The topological polar surface area (TPSA) is 120 Å². The van der Waals surface area contributed by atoms with E-state index in [0.717, 1.165) is 50.4 Å². The monoisotopic (exact) mass is 568 g/mol. The summed E-state index contributed by atoms with van der Waals surface area (Å²) in [6.07, 6.45) is 5.85. The highest BCUT2D eigenvalue weighted by Crippen LogP contribution is 2.40. The third kappa shape index (κ3) is 6.33. The van der Waals surface area contributed by atoms with Crippen LogP contribution in [0, 0.1) is 0 Å². The molecule has 3 fully saturated rings. The number of amides is 2. The van der Waals surface area contributed by atoms with Crippen molar-refractivity contribution in [1.82, 2.24) is 20.2 Å². The number of primary amides is 1. The Labute approximate surface area is 247 Å². The van der Waals surface area contributed by atoms with E-state index in [2.05, 4.69) is 68.6 Å². The first-order valence-electron chi connectivity index (χ1n) is 15.0. The molecule has 3 aliphatic rings. The fourth-order valence-corrected chi connectivity index (χ4v) is 5.88. The number of rotatable bonds is 8. The SMILES string of the molecule is C[C@H]1CC[C@@H](NC(=O)c2ccc(C3CC3)cc2)CN1c1cnc(C(N)=O)c(Nc2ccc(N3CCN(C)CC3)cc2)n1. The molecule has 42 heavy (non-hydrogen) atoms. The van der Waals surface area contributed by atoms with Crippen molar-refractivity contribution < 1.29 is 9.59 Å². The fourth-order valence-electron chi connectivity index (χ4n) is 5.88. The number of carbonyl (C=O) groups excluding carboxylic acids is 2. The van der Waals surface area contributed by atoms with Crippen LogP contribution in [0.25, 0.3) is 0 Å². The van der Waals surface area contributed by atoms with Crippen LogP contribution in [0.15, 0.2) is 54.7 Å². The van der Waals surface area contributed by atoms with Gasteiger partial charge in [-0.05, 0) is 87.5 Å². The van der Waals surface area contributed by atoms with Gasteiger partial charge in [0.15, 0.2) is 11.5 Å². The van der Waals surface area contributed by atoms with Crippen LogP contribution in [0.5, 0.6) is 0 Å². The number of nitrogens with one attached hydrogen (secondary N) is 2. The highest BCUT2D eigenvalue weighted by molar-refractivity contribution is 5.96. The second kappa shape index (κ2) is 12.0. The normalized spacial score (nSPS) is 21.2. The summed E-state index contributed by atoms with van der Waals surface area (Å²) in [7, 11) is 2.14. The molecule has 10 nitrogen and oxygen atoms in total. The second-order valence-corrected chi connectivity index (χ2v) is 11.9. The van der Waals surface area contributed by atoms with Gasteiger partial charge in [0.25, 0.3) is 11.8 Å². The molecule has 0 spiro atoms. The van der Waals surface area contributed by atoms with E-state index in [1.807, 2.05) is 24.3 Å². The van der Waals surface area contributed by atoms with Crippen LogP contribution in [-0.4, -0.2) is 78.5 Å². The van der Waals surface area contributed by atoms with Gasteiger partial charge in [-0.2, -0.15) is 0 Å². The molecule has 0 unspecified atom stereocenters. The van der Waals surface area contributed by atoms with Crippen molar-refractivity contribution in [1.29, 1.82) is 0 Å². The summed E-state index contributed by atoms with van der Waals surface area (Å²) in [4.78, 5) is 41.3. The third-order valence-electron chi connectivity index (χ3n) is 8.72. The molecule has 2 atom stereocenters. The number of carbonyl (C=O) groups is 2. The van der Waals surface area contributed by atoms with Crippen LogP contribution in [0.2, 0.25) is 0 Å². The maximum absolute atomic E-state index is 13.0. The molecule has 1 aliphatic carbocycles. The molecular formula is C32H40N8O2. The van der Waals surface area contributed by atoms with Crippen molar-refractivity contribution >= 4 is 34.8 Å². The number of benzene rings is 2. The Kier molecular flexibility index (Phi) is 7.97. The number of likely N-dealkylation sites (N-methyl/N-ethyl adjacent to an activating group) is 1. The van der Waals surface area contributed by atoms with Crippen LogP contribution < -0.4 is 26.2 Å². The zero-order valence-electron chi connectivity index (χ0n) is 24.4. The summed E-state index contributed by atoms with van der Waals surface area (Å²) >= 11 is 0. The first-order chi connectivity index (χ1) is 20.3. The van der Waals surface area contributed by atoms with Crippen molar-refractivity contribution in [2.24, 2.45) is 5.73 Å². The lowest BCUT2D eigenvalue weighted by Crippen LogP contribution is -2.51. The van der Waals surface area contributed by atoms with Gasteiger partial charge in [-0.25, -0.2) is 9.97 Å². The fraction of sp³-hybridized carbons (Fsp3) is 0.438. The molecule has 0 bridgehead atoms. The number of nitrogens with zero attached hydrogens (tertiary/aromatic N) is 5. The molecular weight excluding hydrogens is 528 g/mol. The van der Waals surface area contributed by atoms with Crippen LogP contribution in [0.3, 0.4) is 0 Å². The average molecular weight is 569 g/mol. The summed E-state index contributed by atoms with van der Waals surface area (Å²) in [6, 6.07) is 16.3. The van der Waals surface area contributed by atoms with Crippen molar-refractivity contribution in [2.45, 2.75) is 50.6 Å². The van der Waals surface area contributed by atoms with Crippen molar-refractivity contribution in [3.63, 3.8) is 0 Å². The van der Waals surface area contributed by atoms with E-state index in [-0.39, 0.29) is 23.7 Å². The number of aromatic nitrogens is 2.